The Hall–Kier alpha value is -1.46. The maximum Gasteiger partial charge on any atom is 0.223 e. The number of nitrogens with one attached hydrogen (secondary N) is 1. The summed E-state index contributed by atoms with van der Waals surface area (Å²) >= 11 is 5.78. The number of hydrogen-bond donors (Lipinski definition) is 1. The van der Waals surface area contributed by atoms with E-state index in [2.05, 4.69) is 15.5 Å². The van der Waals surface area contributed by atoms with Gasteiger partial charge in [-0.05, 0) is 18.2 Å². The highest BCUT2D eigenvalue weighted by Gasteiger charge is 2.04. The molecule has 0 amide bonds. The number of aromatic nitrogens is 2. The van der Waals surface area contributed by atoms with E-state index in [1.54, 1.807) is 13.0 Å². The van der Waals surface area contributed by atoms with Gasteiger partial charge in [-0.2, -0.15) is 4.98 Å². The minimum absolute atomic E-state index is 0.286. The van der Waals surface area contributed by atoms with Crippen molar-refractivity contribution < 1.29 is 8.91 Å². The molecule has 4 nitrogen and oxygen atoms in total. The van der Waals surface area contributed by atoms with Crippen LogP contribution in [0.5, 0.6) is 0 Å². The summed E-state index contributed by atoms with van der Waals surface area (Å²) in [7, 11) is 0. The van der Waals surface area contributed by atoms with E-state index in [9.17, 15) is 4.39 Å². The summed E-state index contributed by atoms with van der Waals surface area (Å²) in [5, 5.41) is 7.25. The van der Waals surface area contributed by atoms with E-state index < -0.39 is 0 Å². The van der Waals surface area contributed by atoms with Crippen molar-refractivity contribution in [1.82, 2.24) is 15.5 Å². The summed E-state index contributed by atoms with van der Waals surface area (Å²) in [6.07, 6.45) is 0. The summed E-state index contributed by atoms with van der Waals surface area (Å²) in [4.78, 5) is 4.02. The van der Waals surface area contributed by atoms with Gasteiger partial charge in [0, 0.05) is 24.1 Å². The summed E-state index contributed by atoms with van der Waals surface area (Å²) < 4.78 is 18.2. The molecule has 90 valence electrons. The van der Waals surface area contributed by atoms with Crippen molar-refractivity contribution in [3.63, 3.8) is 0 Å². The first-order chi connectivity index (χ1) is 8.15. The van der Waals surface area contributed by atoms with E-state index >= 15 is 0 Å². The molecule has 0 radical (unpaired) electrons. The molecular formula is C11H11ClFN3O. The Morgan fingerprint density at radius 3 is 2.94 bits per heavy atom. The molecule has 1 N–H and O–H groups in total. The molecule has 0 atom stereocenters. The van der Waals surface area contributed by atoms with Crippen LogP contribution >= 0.6 is 11.6 Å². The van der Waals surface area contributed by atoms with E-state index in [-0.39, 0.29) is 5.82 Å². The lowest BCUT2D eigenvalue weighted by molar-refractivity contribution is 0.385. The van der Waals surface area contributed by atoms with Gasteiger partial charge in [0.25, 0.3) is 0 Å². The minimum atomic E-state index is -0.286. The molecule has 0 aliphatic rings. The summed E-state index contributed by atoms with van der Waals surface area (Å²) in [5.74, 6) is 0.770. The average Bonchev–Trinajstić information content (AvgIpc) is 2.69. The largest absolute Gasteiger partial charge is 0.340 e. The van der Waals surface area contributed by atoms with E-state index in [0.717, 1.165) is 0 Å². The zero-order chi connectivity index (χ0) is 12.3. The third-order valence-corrected chi connectivity index (χ3v) is 2.41. The van der Waals surface area contributed by atoms with Gasteiger partial charge in [-0.15, -0.1) is 0 Å². The first-order valence-corrected chi connectivity index (χ1v) is 5.47. The third kappa shape index (κ3) is 3.25. The van der Waals surface area contributed by atoms with E-state index in [1.807, 2.05) is 0 Å². The predicted octanol–water partition coefficient (Wildman–Crippen LogP) is 2.46. The van der Waals surface area contributed by atoms with Crippen LogP contribution in [-0.2, 0) is 13.1 Å². The molecule has 1 aromatic carbocycles. The Morgan fingerprint density at radius 2 is 2.24 bits per heavy atom. The average molecular weight is 256 g/mol. The standard InChI is InChI=1S/C11H11ClFN3O/c1-7-15-11(16-17-7)6-14-5-8-4-9(12)2-3-10(8)13/h2-4,14H,5-6H2,1H3. The van der Waals surface area contributed by atoms with Crippen molar-refractivity contribution in [1.29, 1.82) is 0 Å². The number of hydrogen-bond acceptors (Lipinski definition) is 4. The van der Waals surface area contributed by atoms with Gasteiger partial charge in [-0.3, -0.25) is 0 Å². The van der Waals surface area contributed by atoms with Crippen molar-refractivity contribution in [2.45, 2.75) is 20.0 Å². The number of benzene rings is 1. The van der Waals surface area contributed by atoms with Crippen LogP contribution in [-0.4, -0.2) is 10.1 Å². The lowest BCUT2D eigenvalue weighted by atomic mass is 10.2. The Kier molecular flexibility index (Phi) is 3.71. The Morgan fingerprint density at radius 1 is 1.41 bits per heavy atom. The van der Waals surface area contributed by atoms with Crippen molar-refractivity contribution in [2.75, 3.05) is 0 Å². The number of rotatable bonds is 4. The fraction of sp³-hybridized carbons (Fsp3) is 0.273. The van der Waals surface area contributed by atoms with Crippen LogP contribution < -0.4 is 5.32 Å². The number of halogens is 2. The molecule has 6 heteroatoms. The molecule has 1 aromatic heterocycles. The van der Waals surface area contributed by atoms with Crippen molar-refractivity contribution in [3.8, 4) is 0 Å². The molecule has 0 unspecified atom stereocenters. The van der Waals surface area contributed by atoms with Gasteiger partial charge in [-0.1, -0.05) is 16.8 Å². The second-order valence-corrected chi connectivity index (χ2v) is 4.01. The maximum absolute atomic E-state index is 13.4. The van der Waals surface area contributed by atoms with Gasteiger partial charge in [-0.25, -0.2) is 4.39 Å². The molecule has 0 aliphatic carbocycles. The predicted molar refractivity (Wildman–Crippen MR) is 61.0 cm³/mol. The SMILES string of the molecule is Cc1nc(CNCc2cc(Cl)ccc2F)no1. The van der Waals surface area contributed by atoms with Gasteiger partial charge in [0.1, 0.15) is 5.82 Å². The normalized spacial score (nSPS) is 10.8. The lowest BCUT2D eigenvalue weighted by Crippen LogP contribution is -2.14. The molecule has 17 heavy (non-hydrogen) atoms. The number of aryl methyl sites for hydroxylation is 1. The van der Waals surface area contributed by atoms with Gasteiger partial charge in [0.2, 0.25) is 5.89 Å². The lowest BCUT2D eigenvalue weighted by Gasteiger charge is -2.04. The molecule has 0 spiro atoms. The smallest absolute Gasteiger partial charge is 0.223 e. The Labute approximate surface area is 103 Å². The zero-order valence-corrected chi connectivity index (χ0v) is 9.96. The van der Waals surface area contributed by atoms with Gasteiger partial charge in [0.05, 0.1) is 6.54 Å². The molecule has 2 rings (SSSR count). The van der Waals surface area contributed by atoms with Crippen molar-refractivity contribution >= 4 is 11.6 Å². The summed E-state index contributed by atoms with van der Waals surface area (Å²) in [5.41, 5.74) is 0.512. The van der Waals surface area contributed by atoms with E-state index in [1.165, 1.54) is 12.1 Å². The second kappa shape index (κ2) is 5.25. The van der Waals surface area contributed by atoms with Crippen molar-refractivity contribution in [2.24, 2.45) is 0 Å². The van der Waals surface area contributed by atoms with Gasteiger partial charge < -0.3 is 9.84 Å². The van der Waals surface area contributed by atoms with Crippen LogP contribution in [0.25, 0.3) is 0 Å². The van der Waals surface area contributed by atoms with Crippen LogP contribution in [0, 0.1) is 12.7 Å². The first-order valence-electron chi connectivity index (χ1n) is 5.09. The van der Waals surface area contributed by atoms with Crippen LogP contribution in [0.3, 0.4) is 0 Å². The number of nitrogens with zero attached hydrogens (tertiary/aromatic N) is 2. The molecule has 2 aromatic rings. The summed E-state index contributed by atoms with van der Waals surface area (Å²) in [6.45, 7) is 2.50. The highest BCUT2D eigenvalue weighted by molar-refractivity contribution is 6.30. The molecule has 1 heterocycles. The highest BCUT2D eigenvalue weighted by Crippen LogP contribution is 2.14. The Balaban J connectivity index is 1.91. The van der Waals surface area contributed by atoms with Crippen LogP contribution in [0.2, 0.25) is 5.02 Å². The molecule has 0 bridgehead atoms. The molecule has 0 saturated carbocycles. The van der Waals surface area contributed by atoms with Crippen LogP contribution in [0.4, 0.5) is 4.39 Å². The first kappa shape index (κ1) is 12.0. The van der Waals surface area contributed by atoms with Gasteiger partial charge in [0.15, 0.2) is 5.82 Å². The molecule has 0 saturated heterocycles. The second-order valence-electron chi connectivity index (χ2n) is 3.57. The third-order valence-electron chi connectivity index (χ3n) is 2.18. The van der Waals surface area contributed by atoms with Crippen LogP contribution in [0.15, 0.2) is 22.7 Å². The topological polar surface area (TPSA) is 51.0 Å². The van der Waals surface area contributed by atoms with E-state index in [0.29, 0.717) is 35.4 Å². The Bertz CT molecular complexity index is 515. The highest BCUT2D eigenvalue weighted by atomic mass is 35.5. The maximum atomic E-state index is 13.4. The van der Waals surface area contributed by atoms with Crippen molar-refractivity contribution in [3.05, 3.63) is 46.3 Å². The van der Waals surface area contributed by atoms with Gasteiger partial charge >= 0.3 is 0 Å². The molecule has 0 aliphatic heterocycles. The monoisotopic (exact) mass is 255 g/mol. The summed E-state index contributed by atoms with van der Waals surface area (Å²) in [6, 6.07) is 4.45. The fourth-order valence-corrected chi connectivity index (χ4v) is 1.60. The molecule has 0 fully saturated rings. The zero-order valence-electron chi connectivity index (χ0n) is 9.20. The van der Waals surface area contributed by atoms with E-state index in [4.69, 9.17) is 16.1 Å². The van der Waals surface area contributed by atoms with Crippen LogP contribution in [0.1, 0.15) is 17.3 Å². The molecular weight excluding hydrogens is 245 g/mol. The quantitative estimate of drug-likeness (QED) is 0.912. The minimum Gasteiger partial charge on any atom is -0.340 e. The fourth-order valence-electron chi connectivity index (χ4n) is 1.40.